The van der Waals surface area contributed by atoms with Gasteiger partial charge in [0.2, 0.25) is 0 Å². The van der Waals surface area contributed by atoms with Crippen LogP contribution in [0.1, 0.15) is 17.5 Å². The van der Waals surface area contributed by atoms with Crippen molar-refractivity contribution in [2.75, 3.05) is 0 Å². The Kier molecular flexibility index (Phi) is 6.33. The minimum atomic E-state index is -0.432. The van der Waals surface area contributed by atoms with Crippen molar-refractivity contribution in [2.24, 2.45) is 5.10 Å². The minimum absolute atomic E-state index is 0.208. The van der Waals surface area contributed by atoms with Crippen LogP contribution in [0, 0.1) is 11.3 Å². The Morgan fingerprint density at radius 1 is 1.22 bits per heavy atom. The number of nitrogens with zero attached hydrogens (tertiary/aromatic N) is 2. The molecule has 0 aliphatic carbocycles. The largest absolute Gasteiger partial charge is 0.489 e. The monoisotopic (exact) mass is 371 g/mol. The van der Waals surface area contributed by atoms with E-state index < -0.39 is 5.91 Å². The number of carbonyl (C=O) groups excluding carboxylic acids is 1. The molecule has 0 aliphatic heterocycles. The van der Waals surface area contributed by atoms with E-state index in [0.717, 1.165) is 21.3 Å². The zero-order valence-corrected chi connectivity index (χ0v) is 13.8. The van der Waals surface area contributed by atoms with E-state index in [1.807, 2.05) is 48.5 Å². The Hall–Kier alpha value is -2.65. The van der Waals surface area contributed by atoms with E-state index in [-0.39, 0.29) is 6.42 Å². The van der Waals surface area contributed by atoms with Crippen molar-refractivity contribution in [1.29, 1.82) is 5.26 Å². The van der Waals surface area contributed by atoms with Gasteiger partial charge in [0, 0.05) is 4.47 Å². The molecule has 1 N–H and O–H groups in total. The maximum atomic E-state index is 11.1. The first-order chi connectivity index (χ1) is 11.2. The van der Waals surface area contributed by atoms with Crippen LogP contribution < -0.4 is 10.2 Å². The zero-order valence-electron chi connectivity index (χ0n) is 12.2. The third-order valence-electron chi connectivity index (χ3n) is 2.84. The maximum absolute atomic E-state index is 11.1. The molecule has 0 saturated heterocycles. The summed E-state index contributed by atoms with van der Waals surface area (Å²) in [7, 11) is 0. The van der Waals surface area contributed by atoms with Gasteiger partial charge in [0.15, 0.2) is 0 Å². The highest BCUT2D eigenvalue weighted by Gasteiger charge is 1.98. The van der Waals surface area contributed by atoms with E-state index in [0.29, 0.717) is 6.61 Å². The van der Waals surface area contributed by atoms with Crippen molar-refractivity contribution in [3.05, 3.63) is 64.1 Å². The van der Waals surface area contributed by atoms with E-state index >= 15 is 0 Å². The van der Waals surface area contributed by atoms with Crippen molar-refractivity contribution in [3.8, 4) is 11.8 Å². The van der Waals surface area contributed by atoms with Crippen LogP contribution in [0.25, 0.3) is 0 Å². The SMILES string of the molecule is N#CCC(=O)NN=Cc1ccc(OCc2ccc(Br)cc2)cc1. The molecule has 2 aromatic rings. The van der Waals surface area contributed by atoms with E-state index in [1.165, 1.54) is 6.21 Å². The summed E-state index contributed by atoms with van der Waals surface area (Å²) in [4.78, 5) is 11.1. The molecule has 0 aromatic heterocycles. The van der Waals surface area contributed by atoms with Crippen LogP contribution in [0.15, 0.2) is 58.1 Å². The molecule has 0 heterocycles. The summed E-state index contributed by atoms with van der Waals surface area (Å²) in [5.74, 6) is 0.316. The van der Waals surface area contributed by atoms with Gasteiger partial charge >= 0.3 is 0 Å². The summed E-state index contributed by atoms with van der Waals surface area (Å²) in [6, 6.07) is 17.0. The number of halogens is 1. The molecule has 6 heteroatoms. The standard InChI is InChI=1S/C17H14BrN3O2/c18-15-5-1-14(2-6-15)12-23-16-7-3-13(4-8-16)11-20-21-17(22)9-10-19/h1-8,11H,9,12H2,(H,21,22). The van der Waals surface area contributed by atoms with Gasteiger partial charge in [0.1, 0.15) is 18.8 Å². The summed E-state index contributed by atoms with van der Waals surface area (Å²) in [6.07, 6.45) is 1.30. The molecule has 0 aliphatic rings. The minimum Gasteiger partial charge on any atom is -0.489 e. The number of hydrogen-bond donors (Lipinski definition) is 1. The Morgan fingerprint density at radius 2 is 1.91 bits per heavy atom. The molecule has 2 aromatic carbocycles. The number of nitriles is 1. The average molecular weight is 372 g/mol. The summed E-state index contributed by atoms with van der Waals surface area (Å²) in [6.45, 7) is 0.491. The quantitative estimate of drug-likeness (QED) is 0.624. The predicted octanol–water partition coefficient (Wildman–Crippen LogP) is 3.39. The molecular formula is C17H14BrN3O2. The van der Waals surface area contributed by atoms with E-state index in [1.54, 1.807) is 6.07 Å². The third kappa shape index (κ3) is 5.93. The average Bonchev–Trinajstić information content (AvgIpc) is 2.56. The van der Waals surface area contributed by atoms with Gasteiger partial charge < -0.3 is 4.74 Å². The predicted molar refractivity (Wildman–Crippen MR) is 90.9 cm³/mol. The summed E-state index contributed by atoms with van der Waals surface area (Å²) >= 11 is 3.39. The van der Waals surface area contributed by atoms with Crippen LogP contribution >= 0.6 is 15.9 Å². The first-order valence-corrected chi connectivity index (χ1v) is 7.63. The van der Waals surface area contributed by atoms with Gasteiger partial charge in [0.05, 0.1) is 12.3 Å². The molecule has 2 rings (SSSR count). The van der Waals surface area contributed by atoms with Gasteiger partial charge in [-0.2, -0.15) is 10.4 Å². The molecule has 0 bridgehead atoms. The summed E-state index contributed by atoms with van der Waals surface area (Å²) < 4.78 is 6.73. The maximum Gasteiger partial charge on any atom is 0.254 e. The highest BCUT2D eigenvalue weighted by atomic mass is 79.9. The van der Waals surface area contributed by atoms with Crippen LogP contribution in [0.4, 0.5) is 0 Å². The Bertz CT molecular complexity index is 719. The summed E-state index contributed by atoms with van der Waals surface area (Å²) in [5.41, 5.74) is 4.17. The Morgan fingerprint density at radius 3 is 2.57 bits per heavy atom. The second kappa shape index (κ2) is 8.71. The van der Waals surface area contributed by atoms with E-state index in [9.17, 15) is 4.79 Å². The van der Waals surface area contributed by atoms with Crippen molar-refractivity contribution in [2.45, 2.75) is 13.0 Å². The van der Waals surface area contributed by atoms with Crippen molar-refractivity contribution in [3.63, 3.8) is 0 Å². The fourth-order valence-electron chi connectivity index (χ4n) is 1.69. The Balaban J connectivity index is 1.84. The second-order valence-electron chi connectivity index (χ2n) is 4.61. The number of hydrogen-bond acceptors (Lipinski definition) is 4. The molecule has 0 unspecified atom stereocenters. The van der Waals surface area contributed by atoms with Crippen molar-refractivity contribution < 1.29 is 9.53 Å². The lowest BCUT2D eigenvalue weighted by atomic mass is 10.2. The van der Waals surface area contributed by atoms with Gasteiger partial charge in [-0.15, -0.1) is 0 Å². The number of benzene rings is 2. The zero-order chi connectivity index (χ0) is 16.5. The Labute approximate surface area is 142 Å². The number of carbonyl (C=O) groups is 1. The third-order valence-corrected chi connectivity index (χ3v) is 3.37. The molecule has 0 atom stereocenters. The first kappa shape index (κ1) is 16.7. The van der Waals surface area contributed by atoms with Crippen molar-refractivity contribution >= 4 is 28.1 Å². The lowest BCUT2D eigenvalue weighted by Crippen LogP contribution is -2.16. The number of amides is 1. The van der Waals surface area contributed by atoms with Gasteiger partial charge in [-0.3, -0.25) is 4.79 Å². The molecule has 0 fully saturated rings. The topological polar surface area (TPSA) is 74.5 Å². The van der Waals surface area contributed by atoms with Gasteiger partial charge in [-0.25, -0.2) is 5.43 Å². The smallest absolute Gasteiger partial charge is 0.254 e. The van der Waals surface area contributed by atoms with Crippen molar-refractivity contribution in [1.82, 2.24) is 5.43 Å². The molecule has 5 nitrogen and oxygen atoms in total. The fourth-order valence-corrected chi connectivity index (χ4v) is 1.95. The first-order valence-electron chi connectivity index (χ1n) is 6.83. The van der Waals surface area contributed by atoms with Crippen LogP contribution in [0.3, 0.4) is 0 Å². The fraction of sp³-hybridized carbons (Fsp3) is 0.118. The molecule has 0 spiro atoms. The number of ether oxygens (including phenoxy) is 1. The van der Waals surface area contributed by atoms with Crippen LogP contribution in [-0.4, -0.2) is 12.1 Å². The number of hydrazone groups is 1. The molecule has 116 valence electrons. The second-order valence-corrected chi connectivity index (χ2v) is 5.53. The molecule has 1 amide bonds. The lowest BCUT2D eigenvalue weighted by Gasteiger charge is -2.06. The van der Waals surface area contributed by atoms with Gasteiger partial charge in [-0.05, 0) is 47.5 Å². The number of nitrogens with one attached hydrogen (secondary N) is 1. The highest BCUT2D eigenvalue weighted by molar-refractivity contribution is 9.10. The molecule has 23 heavy (non-hydrogen) atoms. The van der Waals surface area contributed by atoms with Gasteiger partial charge in [-0.1, -0.05) is 28.1 Å². The molecular weight excluding hydrogens is 358 g/mol. The van der Waals surface area contributed by atoms with Gasteiger partial charge in [0.25, 0.3) is 5.91 Å². The molecule has 0 saturated carbocycles. The van der Waals surface area contributed by atoms with E-state index in [4.69, 9.17) is 10.00 Å². The highest BCUT2D eigenvalue weighted by Crippen LogP contribution is 2.15. The van der Waals surface area contributed by atoms with E-state index in [2.05, 4.69) is 26.5 Å². The van der Waals surface area contributed by atoms with Crippen LogP contribution in [0.5, 0.6) is 5.75 Å². The normalized spacial score (nSPS) is 10.3. The lowest BCUT2D eigenvalue weighted by molar-refractivity contribution is -0.120. The summed E-state index contributed by atoms with van der Waals surface area (Å²) in [5, 5.41) is 12.1. The number of rotatable bonds is 6. The van der Waals surface area contributed by atoms with Crippen LogP contribution in [-0.2, 0) is 11.4 Å². The molecule has 0 radical (unpaired) electrons. The van der Waals surface area contributed by atoms with Crippen LogP contribution in [0.2, 0.25) is 0 Å².